The van der Waals surface area contributed by atoms with E-state index in [9.17, 15) is 4.79 Å². The van der Waals surface area contributed by atoms with Crippen LogP contribution in [0.1, 0.15) is 31.1 Å². The summed E-state index contributed by atoms with van der Waals surface area (Å²) in [6.45, 7) is 7.46. The first-order chi connectivity index (χ1) is 9.01. The van der Waals surface area contributed by atoms with Crippen LogP contribution in [0.25, 0.3) is 0 Å². The van der Waals surface area contributed by atoms with Crippen molar-refractivity contribution in [2.24, 2.45) is 0 Å². The highest BCUT2D eigenvalue weighted by atomic mass is 35.5. The number of Topliss-reactive ketones (excluding diaryl/α,β-unsaturated/α-hetero) is 1. The molecule has 0 spiro atoms. The molecule has 0 aliphatic carbocycles. The van der Waals surface area contributed by atoms with Crippen LogP contribution >= 0.6 is 11.6 Å². The summed E-state index contributed by atoms with van der Waals surface area (Å²) in [6, 6.07) is 7.11. The Morgan fingerprint density at radius 1 is 1.42 bits per heavy atom. The van der Waals surface area contributed by atoms with Crippen molar-refractivity contribution in [3.8, 4) is 0 Å². The minimum Gasteiger partial charge on any atom is -0.383 e. The number of methoxy groups -OCH3 is 1. The number of likely N-dealkylation sites (N-methyl/N-ethyl adjacent to an activating group) is 1. The average Bonchev–Trinajstić information content (AvgIpc) is 2.39. The van der Waals surface area contributed by atoms with Crippen LogP contribution in [0.3, 0.4) is 0 Å². The lowest BCUT2D eigenvalue weighted by molar-refractivity contribution is 0.0612. The molecule has 106 valence electrons. The molecule has 1 rings (SSSR count). The van der Waals surface area contributed by atoms with Gasteiger partial charge in [0.15, 0.2) is 5.78 Å². The molecule has 1 aromatic rings. The van der Waals surface area contributed by atoms with E-state index in [1.807, 2.05) is 13.8 Å². The van der Waals surface area contributed by atoms with E-state index >= 15 is 0 Å². The van der Waals surface area contributed by atoms with Crippen molar-refractivity contribution in [2.45, 2.75) is 32.9 Å². The molecular formula is C15H22ClNO2. The van der Waals surface area contributed by atoms with Crippen LogP contribution in [-0.4, -0.2) is 43.0 Å². The second-order valence-electron chi connectivity index (χ2n) is 4.69. The summed E-state index contributed by atoms with van der Waals surface area (Å²) < 4.78 is 5.17. The zero-order valence-corrected chi connectivity index (χ0v) is 12.8. The van der Waals surface area contributed by atoms with Crippen LogP contribution < -0.4 is 0 Å². The van der Waals surface area contributed by atoms with Gasteiger partial charge >= 0.3 is 0 Å². The van der Waals surface area contributed by atoms with Crippen LogP contribution in [-0.2, 0) is 4.74 Å². The normalized spacial score (nSPS) is 14.4. The number of hydrogen-bond donors (Lipinski definition) is 0. The van der Waals surface area contributed by atoms with Crippen molar-refractivity contribution < 1.29 is 9.53 Å². The molecule has 4 heteroatoms. The lowest BCUT2D eigenvalue weighted by Gasteiger charge is -2.32. The Bertz CT molecular complexity index is 422. The van der Waals surface area contributed by atoms with E-state index in [4.69, 9.17) is 16.3 Å². The lowest BCUT2D eigenvalue weighted by atomic mass is 10.0. The fraction of sp³-hybridized carbons (Fsp3) is 0.533. The number of ether oxygens (including phenoxy) is 1. The molecule has 2 atom stereocenters. The van der Waals surface area contributed by atoms with Crippen LogP contribution in [0.5, 0.6) is 0 Å². The van der Waals surface area contributed by atoms with Crippen molar-refractivity contribution in [2.75, 3.05) is 20.3 Å². The third-order valence-corrected chi connectivity index (χ3v) is 3.56. The zero-order chi connectivity index (χ0) is 14.4. The molecule has 19 heavy (non-hydrogen) atoms. The number of carbonyl (C=O) groups is 1. The van der Waals surface area contributed by atoms with E-state index in [0.717, 1.165) is 6.54 Å². The van der Waals surface area contributed by atoms with Crippen LogP contribution in [0.15, 0.2) is 24.3 Å². The van der Waals surface area contributed by atoms with Gasteiger partial charge in [-0.1, -0.05) is 30.7 Å². The molecule has 0 saturated carbocycles. The summed E-state index contributed by atoms with van der Waals surface area (Å²) >= 11 is 5.93. The Labute approximate surface area is 120 Å². The monoisotopic (exact) mass is 283 g/mol. The Morgan fingerprint density at radius 2 is 2.11 bits per heavy atom. The van der Waals surface area contributed by atoms with Crippen molar-refractivity contribution >= 4 is 17.4 Å². The molecule has 0 saturated heterocycles. The van der Waals surface area contributed by atoms with E-state index in [2.05, 4.69) is 11.8 Å². The number of carbonyl (C=O) groups excluding carboxylic acids is 1. The van der Waals surface area contributed by atoms with Gasteiger partial charge in [-0.25, -0.2) is 0 Å². The maximum atomic E-state index is 12.5. The second-order valence-corrected chi connectivity index (χ2v) is 5.12. The number of nitrogens with zero attached hydrogens (tertiary/aromatic N) is 1. The predicted octanol–water partition coefficient (Wildman–Crippen LogP) is 3.27. The molecular weight excluding hydrogens is 262 g/mol. The summed E-state index contributed by atoms with van der Waals surface area (Å²) in [4.78, 5) is 14.6. The minimum atomic E-state index is -0.186. The van der Waals surface area contributed by atoms with Crippen molar-refractivity contribution in [1.82, 2.24) is 4.90 Å². The first kappa shape index (κ1) is 16.2. The van der Waals surface area contributed by atoms with E-state index < -0.39 is 0 Å². The Hall–Kier alpha value is -0.900. The Morgan fingerprint density at radius 3 is 2.63 bits per heavy atom. The van der Waals surface area contributed by atoms with E-state index in [1.165, 1.54) is 0 Å². The number of hydrogen-bond acceptors (Lipinski definition) is 3. The standard InChI is InChI=1S/C15H22ClNO2/c1-5-17(11(2)10-19-4)12(3)15(18)13-7-6-8-14(16)9-13/h6-9,11-12H,5,10H2,1-4H3. The van der Waals surface area contributed by atoms with Gasteiger partial charge in [0.2, 0.25) is 0 Å². The number of benzene rings is 1. The van der Waals surface area contributed by atoms with Crippen molar-refractivity contribution in [1.29, 1.82) is 0 Å². The molecule has 2 unspecified atom stereocenters. The van der Waals surface area contributed by atoms with Gasteiger partial charge in [-0.2, -0.15) is 0 Å². The maximum Gasteiger partial charge on any atom is 0.179 e. The fourth-order valence-electron chi connectivity index (χ4n) is 2.34. The van der Waals surface area contributed by atoms with Crippen molar-refractivity contribution in [3.05, 3.63) is 34.9 Å². The van der Waals surface area contributed by atoms with E-state index in [-0.39, 0.29) is 17.9 Å². The summed E-state index contributed by atoms with van der Waals surface area (Å²) in [7, 11) is 1.67. The zero-order valence-electron chi connectivity index (χ0n) is 12.0. The molecule has 0 heterocycles. The van der Waals surface area contributed by atoms with Gasteiger partial charge in [0.1, 0.15) is 0 Å². The molecule has 1 aromatic carbocycles. The van der Waals surface area contributed by atoms with Crippen LogP contribution in [0, 0.1) is 0 Å². The van der Waals surface area contributed by atoms with Gasteiger partial charge in [-0.3, -0.25) is 9.69 Å². The Kier molecular flexibility index (Phi) is 6.49. The summed E-state index contributed by atoms with van der Waals surface area (Å²) in [5.41, 5.74) is 0.656. The molecule has 0 aliphatic heterocycles. The van der Waals surface area contributed by atoms with Gasteiger partial charge in [-0.15, -0.1) is 0 Å². The van der Waals surface area contributed by atoms with Crippen LogP contribution in [0.4, 0.5) is 0 Å². The van der Waals surface area contributed by atoms with Gasteiger partial charge in [-0.05, 0) is 32.5 Å². The quantitative estimate of drug-likeness (QED) is 0.719. The third-order valence-electron chi connectivity index (χ3n) is 3.33. The highest BCUT2D eigenvalue weighted by Gasteiger charge is 2.25. The number of ketones is 1. The topological polar surface area (TPSA) is 29.5 Å². The summed E-state index contributed by atoms with van der Waals surface area (Å²) in [5, 5.41) is 0.589. The molecule has 3 nitrogen and oxygen atoms in total. The lowest BCUT2D eigenvalue weighted by Crippen LogP contribution is -2.46. The molecule has 0 fully saturated rings. The summed E-state index contributed by atoms with van der Waals surface area (Å²) in [5.74, 6) is 0.0901. The SMILES string of the molecule is CCN(C(C)COC)C(C)C(=O)c1cccc(Cl)c1. The fourth-order valence-corrected chi connectivity index (χ4v) is 2.53. The summed E-state index contributed by atoms with van der Waals surface area (Å²) in [6.07, 6.45) is 0. The molecule has 0 aromatic heterocycles. The van der Waals surface area contributed by atoms with Gasteiger partial charge in [0, 0.05) is 23.7 Å². The minimum absolute atomic E-state index is 0.0901. The molecule has 0 radical (unpaired) electrons. The number of halogens is 1. The first-order valence-corrected chi connectivity index (χ1v) is 6.93. The van der Waals surface area contributed by atoms with E-state index in [0.29, 0.717) is 17.2 Å². The van der Waals surface area contributed by atoms with Crippen LogP contribution in [0.2, 0.25) is 5.02 Å². The molecule has 0 aliphatic rings. The van der Waals surface area contributed by atoms with E-state index in [1.54, 1.807) is 31.4 Å². The molecule has 0 N–H and O–H groups in total. The Balaban J connectivity index is 2.85. The first-order valence-electron chi connectivity index (χ1n) is 6.55. The second kappa shape index (κ2) is 7.63. The largest absolute Gasteiger partial charge is 0.383 e. The van der Waals surface area contributed by atoms with Gasteiger partial charge < -0.3 is 4.74 Å². The molecule has 0 bridgehead atoms. The number of rotatable bonds is 7. The third kappa shape index (κ3) is 4.30. The van der Waals surface area contributed by atoms with Gasteiger partial charge in [0.05, 0.1) is 12.6 Å². The van der Waals surface area contributed by atoms with Crippen molar-refractivity contribution in [3.63, 3.8) is 0 Å². The maximum absolute atomic E-state index is 12.5. The van der Waals surface area contributed by atoms with Gasteiger partial charge in [0.25, 0.3) is 0 Å². The molecule has 0 amide bonds. The predicted molar refractivity (Wildman–Crippen MR) is 79.0 cm³/mol. The smallest absolute Gasteiger partial charge is 0.179 e. The highest BCUT2D eigenvalue weighted by molar-refractivity contribution is 6.31. The average molecular weight is 284 g/mol. The highest BCUT2D eigenvalue weighted by Crippen LogP contribution is 2.16.